The van der Waals surface area contributed by atoms with Crippen molar-refractivity contribution < 1.29 is 23.7 Å². The molecule has 39 heavy (non-hydrogen) atoms. The molecule has 0 saturated carbocycles. The van der Waals surface area contributed by atoms with E-state index in [0.29, 0.717) is 5.75 Å². The maximum atomic E-state index is 13.7. The summed E-state index contributed by atoms with van der Waals surface area (Å²) < 4.78 is 10.9. The molecule has 1 saturated heterocycles. The molecule has 4 aliphatic rings. The summed E-state index contributed by atoms with van der Waals surface area (Å²) in [7, 11) is 1.43. The summed E-state index contributed by atoms with van der Waals surface area (Å²) in [4.78, 5) is 38.4. The summed E-state index contributed by atoms with van der Waals surface area (Å²) in [6.07, 6.45) is 1.30. The van der Waals surface area contributed by atoms with Crippen molar-refractivity contribution in [3.05, 3.63) is 117 Å². The highest BCUT2D eigenvalue weighted by atomic mass is 16.6. The number of nitro groups is 1. The van der Waals surface area contributed by atoms with Crippen LogP contribution in [-0.4, -0.2) is 35.1 Å². The average Bonchev–Trinajstić information content (AvgIpc) is 3.54. The van der Waals surface area contributed by atoms with Gasteiger partial charge in [-0.25, -0.2) is 0 Å². The zero-order valence-corrected chi connectivity index (χ0v) is 20.7. The van der Waals surface area contributed by atoms with Crippen LogP contribution in [0.3, 0.4) is 0 Å². The molecule has 2 bridgehead atoms. The smallest absolute Gasteiger partial charge is 0.284 e. The number of amides is 2. The SMILES string of the molecule is COc1ccc(-c2ccc(/C=N\N3C(=O)[C@@H]4C5c6ccccc6C(c6ccccc65)[C@H]4C3=O)o2)c([N+](=O)[O-])c1. The third-order valence-electron chi connectivity index (χ3n) is 8.02. The van der Waals surface area contributed by atoms with Gasteiger partial charge in [0.1, 0.15) is 17.3 Å². The van der Waals surface area contributed by atoms with E-state index in [0.717, 1.165) is 27.3 Å². The standard InChI is InChI=1S/C30H21N3O6/c1-38-16-10-12-22(23(14-16)33(36)37)24-13-11-17(39-24)15-31-32-29(34)27-25-18-6-2-3-7-19(18)26(28(27)30(32)35)21-9-5-4-8-20(21)25/h2-15,25-28H,1H3/b31-15-/t25?,26?,27-,28-/m1/s1. The fourth-order valence-electron chi connectivity index (χ4n) is 6.45. The van der Waals surface area contributed by atoms with Crippen LogP contribution in [0, 0.1) is 22.0 Å². The first-order valence-electron chi connectivity index (χ1n) is 12.5. The van der Waals surface area contributed by atoms with Crippen molar-refractivity contribution in [3.63, 3.8) is 0 Å². The van der Waals surface area contributed by atoms with E-state index in [4.69, 9.17) is 9.15 Å². The lowest BCUT2D eigenvalue weighted by molar-refractivity contribution is -0.384. The van der Waals surface area contributed by atoms with Gasteiger partial charge in [0, 0.05) is 11.8 Å². The molecule has 3 aromatic carbocycles. The van der Waals surface area contributed by atoms with Crippen molar-refractivity contribution in [3.8, 4) is 17.1 Å². The first-order valence-corrected chi connectivity index (χ1v) is 12.5. The lowest BCUT2D eigenvalue weighted by atomic mass is 9.55. The van der Waals surface area contributed by atoms with E-state index in [9.17, 15) is 19.7 Å². The van der Waals surface area contributed by atoms with Crippen molar-refractivity contribution in [2.24, 2.45) is 16.9 Å². The number of methoxy groups -OCH3 is 1. The van der Waals surface area contributed by atoms with Gasteiger partial charge in [-0.05, 0) is 46.5 Å². The minimum absolute atomic E-state index is 0.171. The summed E-state index contributed by atoms with van der Waals surface area (Å²) >= 11 is 0. The molecule has 8 rings (SSSR count). The number of imide groups is 1. The minimum atomic E-state index is -0.529. The molecule has 9 heteroatoms. The van der Waals surface area contributed by atoms with Crippen molar-refractivity contribution in [1.29, 1.82) is 0 Å². The van der Waals surface area contributed by atoms with Crippen molar-refractivity contribution >= 4 is 23.7 Å². The second kappa shape index (κ2) is 8.49. The van der Waals surface area contributed by atoms with E-state index >= 15 is 0 Å². The van der Waals surface area contributed by atoms with Crippen molar-refractivity contribution in [1.82, 2.24) is 5.01 Å². The second-order valence-electron chi connectivity index (χ2n) is 9.84. The Hall–Kier alpha value is -5.05. The molecule has 3 aliphatic carbocycles. The highest BCUT2D eigenvalue weighted by Crippen LogP contribution is 2.61. The number of benzene rings is 3. The number of carbonyl (C=O) groups excluding carboxylic acids is 2. The van der Waals surface area contributed by atoms with Crippen molar-refractivity contribution in [2.75, 3.05) is 7.11 Å². The van der Waals surface area contributed by atoms with Crippen LogP contribution in [0.5, 0.6) is 5.75 Å². The molecule has 0 spiro atoms. The van der Waals surface area contributed by atoms with Crippen LogP contribution in [0.4, 0.5) is 5.69 Å². The first-order chi connectivity index (χ1) is 19.0. The molecule has 192 valence electrons. The number of hydrogen-bond acceptors (Lipinski definition) is 7. The maximum Gasteiger partial charge on any atom is 0.284 e. The van der Waals surface area contributed by atoms with Crippen LogP contribution in [0.15, 0.2) is 88.4 Å². The third-order valence-corrected chi connectivity index (χ3v) is 8.02. The Kier molecular flexibility index (Phi) is 5.03. The Morgan fingerprint density at radius 3 is 1.95 bits per heavy atom. The fraction of sp³-hybridized carbons (Fsp3) is 0.167. The number of nitrogens with zero attached hydrogens (tertiary/aromatic N) is 3. The molecule has 0 radical (unpaired) electrons. The van der Waals surface area contributed by atoms with Crippen LogP contribution >= 0.6 is 0 Å². The summed E-state index contributed by atoms with van der Waals surface area (Å²) in [5, 5.41) is 16.8. The van der Waals surface area contributed by atoms with Gasteiger partial charge >= 0.3 is 0 Å². The summed E-state index contributed by atoms with van der Waals surface area (Å²) in [6, 6.07) is 23.7. The zero-order chi connectivity index (χ0) is 26.8. The van der Waals surface area contributed by atoms with Gasteiger partial charge in [-0.15, -0.1) is 0 Å². The fourth-order valence-corrected chi connectivity index (χ4v) is 6.45. The van der Waals surface area contributed by atoms with Gasteiger partial charge in [-0.3, -0.25) is 19.7 Å². The lowest BCUT2D eigenvalue weighted by Gasteiger charge is -2.45. The lowest BCUT2D eigenvalue weighted by Crippen LogP contribution is -2.41. The van der Waals surface area contributed by atoms with E-state index in [2.05, 4.69) is 5.10 Å². The molecule has 1 aromatic heterocycles. The van der Waals surface area contributed by atoms with E-state index in [1.807, 2.05) is 48.5 Å². The highest BCUT2D eigenvalue weighted by molar-refractivity contribution is 6.08. The Morgan fingerprint density at radius 1 is 0.872 bits per heavy atom. The number of carbonyl (C=O) groups is 2. The van der Waals surface area contributed by atoms with Crippen molar-refractivity contribution in [2.45, 2.75) is 11.8 Å². The largest absolute Gasteiger partial charge is 0.497 e. The average molecular weight is 520 g/mol. The van der Waals surface area contributed by atoms with E-state index in [1.165, 1.54) is 19.4 Å². The number of nitro benzene ring substituents is 1. The molecule has 9 nitrogen and oxygen atoms in total. The van der Waals surface area contributed by atoms with E-state index in [-0.39, 0.29) is 46.4 Å². The monoisotopic (exact) mass is 519 g/mol. The summed E-state index contributed by atoms with van der Waals surface area (Å²) in [6.45, 7) is 0. The minimum Gasteiger partial charge on any atom is -0.497 e. The first kappa shape index (κ1) is 23.1. The zero-order valence-electron chi connectivity index (χ0n) is 20.7. The molecule has 2 amide bonds. The molecule has 1 fully saturated rings. The topological polar surface area (TPSA) is 115 Å². The van der Waals surface area contributed by atoms with E-state index < -0.39 is 16.8 Å². The normalized spacial score (nSPS) is 22.6. The Labute approximate surface area is 222 Å². The predicted molar refractivity (Wildman–Crippen MR) is 140 cm³/mol. The Balaban J connectivity index is 1.21. The van der Waals surface area contributed by atoms with Gasteiger partial charge in [0.2, 0.25) is 0 Å². The maximum absolute atomic E-state index is 13.7. The molecule has 0 N–H and O–H groups in total. The Bertz CT molecular complexity index is 1610. The number of hydrogen-bond donors (Lipinski definition) is 0. The van der Waals surface area contributed by atoms with Crippen LogP contribution in [0.25, 0.3) is 11.3 Å². The van der Waals surface area contributed by atoms with Gasteiger partial charge < -0.3 is 9.15 Å². The number of hydrazone groups is 1. The Morgan fingerprint density at radius 2 is 1.44 bits per heavy atom. The molecular weight excluding hydrogens is 498 g/mol. The molecule has 1 aliphatic heterocycles. The third kappa shape index (κ3) is 3.29. The predicted octanol–water partition coefficient (Wildman–Crippen LogP) is 5.09. The van der Waals surface area contributed by atoms with Crippen LogP contribution < -0.4 is 4.74 Å². The number of ether oxygens (including phenoxy) is 1. The molecular formula is C30H21N3O6. The molecule has 2 heterocycles. The van der Waals surface area contributed by atoms with Gasteiger partial charge in [0.05, 0.1) is 41.7 Å². The van der Waals surface area contributed by atoms with Crippen LogP contribution in [-0.2, 0) is 9.59 Å². The van der Waals surface area contributed by atoms with Gasteiger partial charge in [0.15, 0.2) is 0 Å². The second-order valence-corrected chi connectivity index (χ2v) is 9.84. The summed E-state index contributed by atoms with van der Waals surface area (Å²) in [5.74, 6) is -1.30. The number of furan rings is 1. The van der Waals surface area contributed by atoms with E-state index in [1.54, 1.807) is 24.3 Å². The van der Waals surface area contributed by atoms with Gasteiger partial charge in [-0.2, -0.15) is 10.1 Å². The van der Waals surface area contributed by atoms with Crippen LogP contribution in [0.1, 0.15) is 39.8 Å². The molecule has 0 unspecified atom stereocenters. The highest BCUT2D eigenvalue weighted by Gasteiger charge is 2.61. The van der Waals surface area contributed by atoms with Gasteiger partial charge in [0.25, 0.3) is 17.5 Å². The van der Waals surface area contributed by atoms with Gasteiger partial charge in [-0.1, -0.05) is 48.5 Å². The molecule has 4 aromatic rings. The van der Waals surface area contributed by atoms with Crippen LogP contribution in [0.2, 0.25) is 0 Å². The molecule has 2 atom stereocenters. The quantitative estimate of drug-likeness (QED) is 0.157. The number of rotatable bonds is 5. The summed E-state index contributed by atoms with van der Waals surface area (Å²) in [5.41, 5.74) is 4.46.